The number of aromatic nitrogens is 2. The van der Waals surface area contributed by atoms with Crippen molar-refractivity contribution in [2.24, 2.45) is 17.3 Å². The van der Waals surface area contributed by atoms with Gasteiger partial charge in [-0.1, -0.05) is 27.7 Å². The van der Waals surface area contributed by atoms with E-state index in [0.29, 0.717) is 25.4 Å². The SMILES string of the molecule is CC(C)CC(C)(C(=O)OCCCCCC(=O)n1c(=O)cc[nH]c1=S)C(C)C. The van der Waals surface area contributed by atoms with E-state index in [1.807, 2.05) is 20.8 Å². The lowest BCUT2D eigenvalue weighted by molar-refractivity contribution is -0.159. The van der Waals surface area contributed by atoms with Gasteiger partial charge < -0.3 is 9.72 Å². The van der Waals surface area contributed by atoms with E-state index in [2.05, 4.69) is 18.8 Å². The Morgan fingerprint density at radius 2 is 1.89 bits per heavy atom. The first kappa shape index (κ1) is 23.3. The Balaban J connectivity index is 2.40. The summed E-state index contributed by atoms with van der Waals surface area (Å²) in [5, 5.41) is 0. The maximum absolute atomic E-state index is 12.5. The van der Waals surface area contributed by atoms with Crippen molar-refractivity contribution >= 4 is 24.1 Å². The molecule has 0 aromatic carbocycles. The topological polar surface area (TPSA) is 81.2 Å². The van der Waals surface area contributed by atoms with E-state index in [4.69, 9.17) is 17.0 Å². The van der Waals surface area contributed by atoms with Crippen molar-refractivity contribution in [2.45, 2.75) is 66.7 Å². The monoisotopic (exact) mass is 396 g/mol. The van der Waals surface area contributed by atoms with Gasteiger partial charge in [-0.05, 0) is 56.7 Å². The normalized spacial score (nSPS) is 13.6. The molecule has 1 rings (SSSR count). The molecule has 1 N–H and O–H groups in total. The highest BCUT2D eigenvalue weighted by Gasteiger charge is 2.38. The Kier molecular flexibility index (Phi) is 9.09. The molecular formula is C20H32N2O4S. The molecule has 6 nitrogen and oxygen atoms in total. The van der Waals surface area contributed by atoms with Crippen LogP contribution >= 0.6 is 12.2 Å². The van der Waals surface area contributed by atoms with Gasteiger partial charge in [-0.15, -0.1) is 0 Å². The molecular weight excluding hydrogens is 364 g/mol. The van der Waals surface area contributed by atoms with Crippen LogP contribution in [0.3, 0.4) is 0 Å². The van der Waals surface area contributed by atoms with E-state index in [1.54, 1.807) is 0 Å². The molecule has 0 spiro atoms. The molecule has 0 fully saturated rings. The van der Waals surface area contributed by atoms with E-state index in [1.165, 1.54) is 12.3 Å². The number of aromatic amines is 1. The molecule has 0 bridgehead atoms. The molecule has 27 heavy (non-hydrogen) atoms. The summed E-state index contributed by atoms with van der Waals surface area (Å²) in [6.07, 6.45) is 4.48. The Morgan fingerprint density at radius 1 is 1.22 bits per heavy atom. The van der Waals surface area contributed by atoms with Gasteiger partial charge in [0.15, 0.2) is 4.77 Å². The van der Waals surface area contributed by atoms with Gasteiger partial charge in [-0.3, -0.25) is 14.4 Å². The van der Waals surface area contributed by atoms with Gasteiger partial charge >= 0.3 is 5.97 Å². The zero-order valence-corrected chi connectivity index (χ0v) is 17.9. The van der Waals surface area contributed by atoms with E-state index >= 15 is 0 Å². The number of hydrogen-bond donors (Lipinski definition) is 1. The summed E-state index contributed by atoms with van der Waals surface area (Å²) in [5.41, 5.74) is -0.898. The van der Waals surface area contributed by atoms with E-state index in [0.717, 1.165) is 17.4 Å². The van der Waals surface area contributed by atoms with Crippen LogP contribution in [0.15, 0.2) is 17.1 Å². The van der Waals surface area contributed by atoms with Crippen molar-refractivity contribution in [1.29, 1.82) is 0 Å². The number of unbranched alkanes of at least 4 members (excludes halogenated alkanes) is 2. The number of ether oxygens (including phenoxy) is 1. The van der Waals surface area contributed by atoms with Gasteiger partial charge in [0.1, 0.15) is 0 Å². The van der Waals surface area contributed by atoms with Gasteiger partial charge in [0, 0.05) is 18.7 Å². The lowest BCUT2D eigenvalue weighted by atomic mass is 9.73. The first-order chi connectivity index (χ1) is 12.6. The third-order valence-electron chi connectivity index (χ3n) is 4.95. The zero-order valence-electron chi connectivity index (χ0n) is 17.0. The van der Waals surface area contributed by atoms with Gasteiger partial charge in [0.05, 0.1) is 12.0 Å². The van der Waals surface area contributed by atoms with Crippen molar-refractivity contribution in [3.05, 3.63) is 27.4 Å². The molecule has 1 atom stereocenters. The van der Waals surface area contributed by atoms with Crippen LogP contribution in [0.25, 0.3) is 0 Å². The van der Waals surface area contributed by atoms with Crippen LogP contribution in [-0.4, -0.2) is 28.0 Å². The number of carbonyl (C=O) groups excluding carboxylic acids is 2. The fourth-order valence-corrected chi connectivity index (χ4v) is 3.32. The number of H-pyrrole nitrogens is 1. The predicted molar refractivity (Wildman–Crippen MR) is 108 cm³/mol. The van der Waals surface area contributed by atoms with Crippen LogP contribution in [0.4, 0.5) is 0 Å². The Labute approximate surface area is 166 Å². The molecule has 1 aromatic heterocycles. The summed E-state index contributed by atoms with van der Waals surface area (Å²) in [5.74, 6) is 0.162. The van der Waals surface area contributed by atoms with Crippen LogP contribution in [0.5, 0.6) is 0 Å². The van der Waals surface area contributed by atoms with Crippen LogP contribution in [0, 0.1) is 22.0 Å². The van der Waals surface area contributed by atoms with E-state index in [-0.39, 0.29) is 29.0 Å². The third kappa shape index (κ3) is 6.72. The Hall–Kier alpha value is -1.76. The fraction of sp³-hybridized carbons (Fsp3) is 0.700. The summed E-state index contributed by atoms with van der Waals surface area (Å²) in [6.45, 7) is 10.6. The van der Waals surface area contributed by atoms with Gasteiger partial charge in [-0.2, -0.15) is 0 Å². The van der Waals surface area contributed by atoms with Crippen molar-refractivity contribution in [2.75, 3.05) is 6.61 Å². The molecule has 0 amide bonds. The largest absolute Gasteiger partial charge is 0.465 e. The Morgan fingerprint density at radius 3 is 2.44 bits per heavy atom. The van der Waals surface area contributed by atoms with Crippen molar-refractivity contribution in [1.82, 2.24) is 9.55 Å². The van der Waals surface area contributed by atoms with Crippen LogP contribution in [0.1, 0.15) is 71.5 Å². The first-order valence-electron chi connectivity index (χ1n) is 9.60. The van der Waals surface area contributed by atoms with Crippen LogP contribution in [0.2, 0.25) is 0 Å². The lowest BCUT2D eigenvalue weighted by Gasteiger charge is -2.32. The average molecular weight is 397 g/mol. The molecule has 7 heteroatoms. The van der Waals surface area contributed by atoms with Crippen LogP contribution < -0.4 is 5.56 Å². The first-order valence-corrected chi connectivity index (χ1v) is 10.0. The summed E-state index contributed by atoms with van der Waals surface area (Å²) in [4.78, 5) is 39.0. The summed E-state index contributed by atoms with van der Waals surface area (Å²) >= 11 is 4.98. The highest BCUT2D eigenvalue weighted by atomic mass is 32.1. The van der Waals surface area contributed by atoms with Crippen LogP contribution in [-0.2, 0) is 9.53 Å². The van der Waals surface area contributed by atoms with Gasteiger partial charge in [0.25, 0.3) is 5.56 Å². The fourth-order valence-electron chi connectivity index (χ4n) is 3.06. The molecule has 0 radical (unpaired) electrons. The number of hydrogen-bond acceptors (Lipinski definition) is 5. The predicted octanol–water partition coefficient (Wildman–Crippen LogP) is 4.36. The molecule has 0 aliphatic heterocycles. The molecule has 0 aliphatic rings. The number of esters is 1. The minimum atomic E-state index is -0.477. The third-order valence-corrected chi connectivity index (χ3v) is 5.25. The van der Waals surface area contributed by atoms with Crippen molar-refractivity contribution in [3.63, 3.8) is 0 Å². The number of nitrogens with one attached hydrogen (secondary N) is 1. The minimum Gasteiger partial charge on any atom is -0.465 e. The van der Waals surface area contributed by atoms with Crippen molar-refractivity contribution < 1.29 is 14.3 Å². The molecule has 0 saturated heterocycles. The van der Waals surface area contributed by atoms with Crippen molar-refractivity contribution in [3.8, 4) is 0 Å². The summed E-state index contributed by atoms with van der Waals surface area (Å²) in [6, 6.07) is 1.27. The van der Waals surface area contributed by atoms with Gasteiger partial charge in [-0.25, -0.2) is 4.57 Å². The molecule has 0 saturated carbocycles. The average Bonchev–Trinajstić information content (AvgIpc) is 2.56. The quantitative estimate of drug-likeness (QED) is 0.361. The Bertz CT molecular complexity index is 723. The highest BCUT2D eigenvalue weighted by Crippen LogP contribution is 2.35. The lowest BCUT2D eigenvalue weighted by Crippen LogP contribution is -2.36. The summed E-state index contributed by atoms with van der Waals surface area (Å²) < 4.78 is 6.59. The highest BCUT2D eigenvalue weighted by molar-refractivity contribution is 7.71. The smallest absolute Gasteiger partial charge is 0.312 e. The second-order valence-corrected chi connectivity index (χ2v) is 8.35. The molecule has 1 aromatic rings. The number of carbonyl (C=O) groups is 2. The maximum atomic E-state index is 12.5. The molecule has 1 unspecified atom stereocenters. The summed E-state index contributed by atoms with van der Waals surface area (Å²) in [7, 11) is 0. The van der Waals surface area contributed by atoms with E-state index in [9.17, 15) is 14.4 Å². The zero-order chi connectivity index (χ0) is 20.6. The maximum Gasteiger partial charge on any atom is 0.312 e. The molecule has 0 aliphatic carbocycles. The standard InChI is InChI=1S/C20H32N2O4S/c1-14(2)13-20(5,15(3)4)18(25)26-12-8-6-7-9-16(23)22-17(24)10-11-21-19(22)27/h10-11,14-15H,6-9,12-13H2,1-5H3,(H,21,27). The number of rotatable bonds is 10. The second kappa shape index (κ2) is 10.5. The molecule has 1 heterocycles. The van der Waals surface area contributed by atoms with Gasteiger partial charge in [0.2, 0.25) is 5.91 Å². The van der Waals surface area contributed by atoms with E-state index < -0.39 is 11.0 Å². The molecule has 152 valence electrons. The number of nitrogens with zero attached hydrogens (tertiary/aromatic N) is 1. The second-order valence-electron chi connectivity index (χ2n) is 7.97. The minimum absolute atomic E-state index is 0.111.